The molecule has 5 nitrogen and oxygen atoms in total. The summed E-state index contributed by atoms with van der Waals surface area (Å²) in [5, 5.41) is 11.7. The van der Waals surface area contributed by atoms with Gasteiger partial charge in [0, 0.05) is 19.1 Å². The zero-order valence-corrected chi connectivity index (χ0v) is 11.1. The van der Waals surface area contributed by atoms with Gasteiger partial charge >= 0.3 is 6.01 Å². The van der Waals surface area contributed by atoms with Crippen LogP contribution < -0.4 is 10.2 Å². The van der Waals surface area contributed by atoms with E-state index in [0.29, 0.717) is 18.6 Å². The lowest BCUT2D eigenvalue weighted by atomic mass is 10.0. The first-order chi connectivity index (χ1) is 8.85. The summed E-state index contributed by atoms with van der Waals surface area (Å²) in [6.45, 7) is 5.09. The van der Waals surface area contributed by atoms with Gasteiger partial charge in [0.2, 0.25) is 5.89 Å². The van der Waals surface area contributed by atoms with Crippen LogP contribution in [-0.4, -0.2) is 29.3 Å². The van der Waals surface area contributed by atoms with E-state index in [4.69, 9.17) is 4.42 Å². The van der Waals surface area contributed by atoms with E-state index in [9.17, 15) is 0 Å². The lowest BCUT2D eigenvalue weighted by molar-refractivity contribution is 0.461. The highest BCUT2D eigenvalue weighted by Gasteiger charge is 2.26. The van der Waals surface area contributed by atoms with Crippen molar-refractivity contribution in [2.45, 2.75) is 51.6 Å². The zero-order valence-electron chi connectivity index (χ0n) is 11.1. The van der Waals surface area contributed by atoms with E-state index in [1.807, 2.05) is 0 Å². The van der Waals surface area contributed by atoms with Gasteiger partial charge in [0.25, 0.3) is 0 Å². The van der Waals surface area contributed by atoms with Gasteiger partial charge in [0.1, 0.15) is 0 Å². The molecule has 3 rings (SSSR count). The highest BCUT2D eigenvalue weighted by molar-refractivity contribution is 5.26. The first-order valence-corrected chi connectivity index (χ1v) is 7.16. The van der Waals surface area contributed by atoms with E-state index in [2.05, 4.69) is 27.3 Å². The van der Waals surface area contributed by atoms with Gasteiger partial charge in [-0.25, -0.2) is 0 Å². The van der Waals surface area contributed by atoms with Crippen molar-refractivity contribution in [1.82, 2.24) is 15.5 Å². The van der Waals surface area contributed by atoms with Gasteiger partial charge in [-0.2, -0.15) is 0 Å². The van der Waals surface area contributed by atoms with Gasteiger partial charge in [0.15, 0.2) is 0 Å². The summed E-state index contributed by atoms with van der Waals surface area (Å²) >= 11 is 0. The van der Waals surface area contributed by atoms with Crippen LogP contribution in [0.1, 0.15) is 44.9 Å². The summed E-state index contributed by atoms with van der Waals surface area (Å²) in [6, 6.07) is 1.39. The van der Waals surface area contributed by atoms with Gasteiger partial charge in [-0.1, -0.05) is 18.4 Å². The Hall–Kier alpha value is -1.10. The Bertz CT molecular complexity index is 388. The maximum Gasteiger partial charge on any atom is 0.318 e. The Morgan fingerprint density at radius 2 is 2.22 bits per heavy atom. The minimum absolute atomic E-state index is 0.682. The predicted octanol–water partition coefficient (Wildman–Crippen LogP) is 1.95. The minimum Gasteiger partial charge on any atom is -0.407 e. The smallest absolute Gasteiger partial charge is 0.318 e. The predicted molar refractivity (Wildman–Crippen MR) is 69.4 cm³/mol. The van der Waals surface area contributed by atoms with Crippen molar-refractivity contribution in [2.24, 2.45) is 5.92 Å². The van der Waals surface area contributed by atoms with Crippen LogP contribution >= 0.6 is 0 Å². The van der Waals surface area contributed by atoms with Crippen LogP contribution in [0.5, 0.6) is 0 Å². The summed E-state index contributed by atoms with van der Waals surface area (Å²) in [7, 11) is 0. The van der Waals surface area contributed by atoms with Crippen LogP contribution in [0.25, 0.3) is 0 Å². The molecule has 0 aromatic carbocycles. The first kappa shape index (κ1) is 12.0. The summed E-state index contributed by atoms with van der Waals surface area (Å²) in [4.78, 5) is 2.23. The number of nitrogens with zero attached hydrogens (tertiary/aromatic N) is 3. The number of hydrogen-bond donors (Lipinski definition) is 1. The molecule has 2 fully saturated rings. The van der Waals surface area contributed by atoms with Crippen LogP contribution in [-0.2, 0) is 6.54 Å². The standard InChI is InChI=1S/C13H22N4O/c1-2-3-10-6-7-17(9-10)13-16-15-12(18-13)8-14-11-4-5-11/h10-11,14H,2-9H2,1H3. The fraction of sp³-hybridized carbons (Fsp3) is 0.846. The van der Waals surface area contributed by atoms with E-state index in [1.54, 1.807) is 0 Å². The molecule has 1 saturated heterocycles. The third kappa shape index (κ3) is 2.83. The van der Waals surface area contributed by atoms with Crippen LogP contribution in [0.2, 0.25) is 0 Å². The van der Waals surface area contributed by atoms with Crippen molar-refractivity contribution < 1.29 is 4.42 Å². The topological polar surface area (TPSA) is 54.2 Å². The molecule has 1 aromatic heterocycles. The second kappa shape index (κ2) is 5.26. The molecule has 1 aliphatic carbocycles. The molecule has 0 bridgehead atoms. The number of hydrogen-bond acceptors (Lipinski definition) is 5. The fourth-order valence-electron chi connectivity index (χ4n) is 2.61. The van der Waals surface area contributed by atoms with Crippen LogP contribution in [0.4, 0.5) is 6.01 Å². The monoisotopic (exact) mass is 250 g/mol. The molecule has 1 saturated carbocycles. The molecule has 2 heterocycles. The van der Waals surface area contributed by atoms with Crippen molar-refractivity contribution in [1.29, 1.82) is 0 Å². The van der Waals surface area contributed by atoms with E-state index in [-0.39, 0.29) is 0 Å². The van der Waals surface area contributed by atoms with Crippen molar-refractivity contribution >= 4 is 6.01 Å². The zero-order chi connectivity index (χ0) is 12.4. The Labute approximate surface area is 108 Å². The molecule has 2 aliphatic rings. The second-order valence-corrected chi connectivity index (χ2v) is 5.52. The molecule has 0 amide bonds. The second-order valence-electron chi connectivity index (χ2n) is 5.52. The van der Waals surface area contributed by atoms with E-state index >= 15 is 0 Å². The first-order valence-electron chi connectivity index (χ1n) is 7.16. The molecule has 1 N–H and O–H groups in total. The molecule has 1 atom stereocenters. The van der Waals surface area contributed by atoms with Crippen LogP contribution in [0, 0.1) is 5.92 Å². The largest absolute Gasteiger partial charge is 0.407 e. The summed E-state index contributed by atoms with van der Waals surface area (Å²) in [5.41, 5.74) is 0. The molecule has 0 radical (unpaired) electrons. The highest BCUT2D eigenvalue weighted by Crippen LogP contribution is 2.25. The SMILES string of the molecule is CCCC1CCN(c2nnc(CNC3CC3)o2)C1. The third-order valence-corrected chi connectivity index (χ3v) is 3.83. The number of rotatable bonds is 6. The van der Waals surface area contributed by atoms with Crippen LogP contribution in [0.3, 0.4) is 0 Å². The van der Waals surface area contributed by atoms with Crippen molar-refractivity contribution in [2.75, 3.05) is 18.0 Å². The van der Waals surface area contributed by atoms with Gasteiger partial charge < -0.3 is 14.6 Å². The summed E-state index contributed by atoms with van der Waals surface area (Å²) < 4.78 is 5.71. The fourth-order valence-corrected chi connectivity index (χ4v) is 2.61. The average molecular weight is 250 g/mol. The maximum absolute atomic E-state index is 5.71. The molecule has 18 heavy (non-hydrogen) atoms. The molecule has 1 aliphatic heterocycles. The molecule has 5 heteroatoms. The van der Waals surface area contributed by atoms with Crippen LogP contribution in [0.15, 0.2) is 4.42 Å². The molecule has 100 valence electrons. The van der Waals surface area contributed by atoms with E-state index < -0.39 is 0 Å². The molecular weight excluding hydrogens is 228 g/mol. The van der Waals surface area contributed by atoms with Gasteiger partial charge in [0.05, 0.1) is 6.54 Å². The Balaban J connectivity index is 1.52. The van der Waals surface area contributed by atoms with Crippen molar-refractivity contribution in [3.8, 4) is 0 Å². The van der Waals surface area contributed by atoms with E-state index in [1.165, 1.54) is 32.1 Å². The lowest BCUT2D eigenvalue weighted by Gasteiger charge is -2.12. The van der Waals surface area contributed by atoms with Gasteiger partial charge in [-0.15, -0.1) is 5.10 Å². The Kier molecular flexibility index (Phi) is 3.50. The highest BCUT2D eigenvalue weighted by atomic mass is 16.4. The van der Waals surface area contributed by atoms with Crippen molar-refractivity contribution in [3.63, 3.8) is 0 Å². The van der Waals surface area contributed by atoms with Crippen molar-refractivity contribution in [3.05, 3.63) is 5.89 Å². The quantitative estimate of drug-likeness (QED) is 0.836. The van der Waals surface area contributed by atoms with E-state index in [0.717, 1.165) is 24.9 Å². The minimum atomic E-state index is 0.682. The van der Waals surface area contributed by atoms with Gasteiger partial charge in [-0.05, 0) is 31.6 Å². The summed E-state index contributed by atoms with van der Waals surface area (Å²) in [6.07, 6.45) is 6.39. The molecule has 1 unspecified atom stereocenters. The maximum atomic E-state index is 5.71. The lowest BCUT2D eigenvalue weighted by Crippen LogP contribution is -2.20. The Morgan fingerprint density at radius 1 is 1.33 bits per heavy atom. The normalized spacial score (nSPS) is 23.8. The number of nitrogens with one attached hydrogen (secondary N) is 1. The average Bonchev–Trinajstić information content (AvgIpc) is 2.90. The third-order valence-electron chi connectivity index (χ3n) is 3.83. The number of aromatic nitrogens is 2. The molecule has 0 spiro atoms. The van der Waals surface area contributed by atoms with Gasteiger partial charge in [-0.3, -0.25) is 0 Å². The Morgan fingerprint density at radius 3 is 3.00 bits per heavy atom. The number of anilines is 1. The summed E-state index contributed by atoms with van der Waals surface area (Å²) in [5.74, 6) is 1.52. The molecule has 1 aromatic rings. The molecular formula is C13H22N4O.